The van der Waals surface area contributed by atoms with Gasteiger partial charge in [0.2, 0.25) is 0 Å². The van der Waals surface area contributed by atoms with E-state index in [-0.39, 0.29) is 0 Å². The van der Waals surface area contributed by atoms with Crippen LogP contribution in [0.15, 0.2) is 0 Å². The van der Waals surface area contributed by atoms with Gasteiger partial charge in [0.1, 0.15) is 0 Å². The molecule has 13 heavy (non-hydrogen) atoms. The van der Waals surface area contributed by atoms with Gasteiger partial charge in [-0.3, -0.25) is 0 Å². The van der Waals surface area contributed by atoms with Crippen LogP contribution < -0.4 is 0 Å². The quantitative estimate of drug-likeness (QED) is 0.601. The molecule has 0 amide bonds. The number of rotatable bonds is 1. The fourth-order valence-electron chi connectivity index (χ4n) is 2.72. The van der Waals surface area contributed by atoms with Gasteiger partial charge in [-0.1, -0.05) is 13.8 Å². The van der Waals surface area contributed by atoms with Crippen LogP contribution in [0.2, 0.25) is 0 Å². The number of nitrogens with zero attached hydrogens (tertiary/aromatic N) is 1. The van der Waals surface area contributed by atoms with Crippen molar-refractivity contribution in [1.82, 2.24) is 4.90 Å². The van der Waals surface area contributed by atoms with Crippen LogP contribution in [0.1, 0.15) is 39.5 Å². The second kappa shape index (κ2) is 3.27. The molecule has 0 aromatic rings. The van der Waals surface area contributed by atoms with Crippen LogP contribution in [0.5, 0.6) is 0 Å². The summed E-state index contributed by atoms with van der Waals surface area (Å²) >= 11 is 0. The van der Waals surface area contributed by atoms with E-state index in [9.17, 15) is 0 Å². The molecular weight excluding hydrogens is 158 g/mol. The van der Waals surface area contributed by atoms with E-state index in [1.807, 2.05) is 0 Å². The van der Waals surface area contributed by atoms with Crippen molar-refractivity contribution < 1.29 is 0 Å². The summed E-state index contributed by atoms with van der Waals surface area (Å²) in [5, 5.41) is 0. The van der Waals surface area contributed by atoms with Crippen molar-refractivity contribution >= 4 is 0 Å². The molecule has 0 bridgehead atoms. The second-order valence-corrected chi connectivity index (χ2v) is 5.72. The largest absolute Gasteiger partial charge is 0.306 e. The molecule has 2 fully saturated rings. The molecule has 1 saturated carbocycles. The van der Waals surface area contributed by atoms with E-state index >= 15 is 0 Å². The Morgan fingerprint density at radius 3 is 2.46 bits per heavy atom. The summed E-state index contributed by atoms with van der Waals surface area (Å²) in [6.45, 7) is 7.45. The Morgan fingerprint density at radius 2 is 1.92 bits per heavy atom. The van der Waals surface area contributed by atoms with Crippen LogP contribution in [0, 0.1) is 17.3 Å². The van der Waals surface area contributed by atoms with Gasteiger partial charge in [0, 0.05) is 6.54 Å². The second-order valence-electron chi connectivity index (χ2n) is 5.72. The van der Waals surface area contributed by atoms with Gasteiger partial charge >= 0.3 is 0 Å². The van der Waals surface area contributed by atoms with Gasteiger partial charge in [-0.15, -0.1) is 0 Å². The lowest BCUT2D eigenvalue weighted by molar-refractivity contribution is 0.247. The smallest absolute Gasteiger partial charge is 0.000926 e. The molecular formula is C12H23N. The monoisotopic (exact) mass is 181 g/mol. The van der Waals surface area contributed by atoms with Crippen molar-refractivity contribution in [3.63, 3.8) is 0 Å². The van der Waals surface area contributed by atoms with Crippen molar-refractivity contribution in [3.8, 4) is 0 Å². The third-order valence-electron chi connectivity index (χ3n) is 4.17. The lowest BCUT2D eigenvalue weighted by Crippen LogP contribution is -2.26. The summed E-state index contributed by atoms with van der Waals surface area (Å²) in [5.41, 5.74) is 0.805. The molecule has 0 N–H and O–H groups in total. The van der Waals surface area contributed by atoms with E-state index in [1.54, 1.807) is 0 Å². The van der Waals surface area contributed by atoms with E-state index in [0.717, 1.165) is 17.3 Å². The Morgan fingerprint density at radius 1 is 1.23 bits per heavy atom. The number of hydrogen-bond acceptors (Lipinski definition) is 1. The first kappa shape index (κ1) is 9.51. The van der Waals surface area contributed by atoms with Crippen molar-refractivity contribution in [2.45, 2.75) is 39.5 Å². The van der Waals surface area contributed by atoms with Crippen molar-refractivity contribution in [2.75, 3.05) is 20.1 Å². The number of hydrogen-bond donors (Lipinski definition) is 0. The molecule has 0 aromatic carbocycles. The third kappa shape index (κ3) is 2.07. The summed E-state index contributed by atoms with van der Waals surface area (Å²) in [5.74, 6) is 1.83. The van der Waals surface area contributed by atoms with E-state index in [2.05, 4.69) is 25.8 Å². The summed E-state index contributed by atoms with van der Waals surface area (Å²) in [7, 11) is 2.29. The van der Waals surface area contributed by atoms with Crippen LogP contribution in [-0.4, -0.2) is 25.0 Å². The molecule has 1 saturated heterocycles. The Labute approximate surface area is 82.5 Å². The first-order valence-electron chi connectivity index (χ1n) is 5.80. The Bertz CT molecular complexity index is 182. The Hall–Kier alpha value is -0.0400. The molecule has 1 atom stereocenters. The van der Waals surface area contributed by atoms with Crippen molar-refractivity contribution in [1.29, 1.82) is 0 Å². The first-order valence-corrected chi connectivity index (χ1v) is 5.80. The SMILES string of the molecule is CC(C)[C@H]1CN(C)CCC2(CC2)C1. The van der Waals surface area contributed by atoms with E-state index < -0.39 is 0 Å². The maximum Gasteiger partial charge on any atom is 0.000926 e. The minimum absolute atomic E-state index is 0.805. The van der Waals surface area contributed by atoms with Crippen LogP contribution >= 0.6 is 0 Å². The molecule has 1 heteroatoms. The average Bonchev–Trinajstić information content (AvgIpc) is 2.82. The predicted octanol–water partition coefficient (Wildman–Crippen LogP) is 2.76. The van der Waals surface area contributed by atoms with Gasteiger partial charge in [-0.2, -0.15) is 0 Å². The van der Waals surface area contributed by atoms with Gasteiger partial charge in [0.05, 0.1) is 0 Å². The molecule has 1 heterocycles. The molecule has 1 spiro atoms. The van der Waals surface area contributed by atoms with Gasteiger partial charge in [0.25, 0.3) is 0 Å². The number of likely N-dealkylation sites (tertiary alicyclic amines) is 1. The standard InChI is InChI=1S/C12H23N/c1-10(2)11-8-12(4-5-12)6-7-13(3)9-11/h10-11H,4-9H2,1-3H3/t11-/m1/s1. The highest BCUT2D eigenvalue weighted by Crippen LogP contribution is 2.55. The maximum atomic E-state index is 2.54. The van der Waals surface area contributed by atoms with Crippen molar-refractivity contribution in [3.05, 3.63) is 0 Å². The normalized spacial score (nSPS) is 33.7. The van der Waals surface area contributed by atoms with Crippen LogP contribution in [0.4, 0.5) is 0 Å². The molecule has 1 aliphatic carbocycles. The predicted molar refractivity (Wildman–Crippen MR) is 56.7 cm³/mol. The maximum absolute atomic E-state index is 2.54. The molecule has 2 aliphatic rings. The van der Waals surface area contributed by atoms with Crippen molar-refractivity contribution in [2.24, 2.45) is 17.3 Å². The summed E-state index contributed by atoms with van der Waals surface area (Å²) in [6.07, 6.45) is 6.01. The lowest BCUT2D eigenvalue weighted by atomic mass is 9.84. The van der Waals surface area contributed by atoms with Crippen LogP contribution in [-0.2, 0) is 0 Å². The van der Waals surface area contributed by atoms with Gasteiger partial charge in [-0.05, 0) is 56.5 Å². The molecule has 0 unspecified atom stereocenters. The highest BCUT2D eigenvalue weighted by molar-refractivity contribution is 4.97. The molecule has 76 valence electrons. The molecule has 1 aliphatic heterocycles. The highest BCUT2D eigenvalue weighted by Gasteiger charge is 2.45. The van der Waals surface area contributed by atoms with E-state index in [1.165, 1.54) is 38.8 Å². The summed E-state index contributed by atoms with van der Waals surface area (Å²) in [4.78, 5) is 2.54. The fourth-order valence-corrected chi connectivity index (χ4v) is 2.72. The zero-order chi connectivity index (χ0) is 9.47. The molecule has 2 rings (SSSR count). The molecule has 1 nitrogen and oxygen atoms in total. The van der Waals surface area contributed by atoms with E-state index in [4.69, 9.17) is 0 Å². The van der Waals surface area contributed by atoms with Gasteiger partial charge in [-0.25, -0.2) is 0 Å². The average molecular weight is 181 g/mol. The Kier molecular flexibility index (Phi) is 2.39. The molecule has 0 aromatic heterocycles. The zero-order valence-corrected chi connectivity index (χ0v) is 9.34. The fraction of sp³-hybridized carbons (Fsp3) is 1.00. The first-order chi connectivity index (χ1) is 6.11. The van der Waals surface area contributed by atoms with Crippen LogP contribution in [0.25, 0.3) is 0 Å². The zero-order valence-electron chi connectivity index (χ0n) is 9.34. The minimum Gasteiger partial charge on any atom is -0.306 e. The van der Waals surface area contributed by atoms with Gasteiger partial charge in [0.15, 0.2) is 0 Å². The molecule has 0 radical (unpaired) electrons. The topological polar surface area (TPSA) is 3.24 Å². The lowest BCUT2D eigenvalue weighted by Gasteiger charge is -2.24. The minimum atomic E-state index is 0.805. The summed E-state index contributed by atoms with van der Waals surface area (Å²) < 4.78 is 0. The summed E-state index contributed by atoms with van der Waals surface area (Å²) in [6, 6.07) is 0. The highest BCUT2D eigenvalue weighted by atomic mass is 15.1. The van der Waals surface area contributed by atoms with Gasteiger partial charge < -0.3 is 4.90 Å². The van der Waals surface area contributed by atoms with E-state index in [0.29, 0.717) is 0 Å². The van der Waals surface area contributed by atoms with Crippen LogP contribution in [0.3, 0.4) is 0 Å². The third-order valence-corrected chi connectivity index (χ3v) is 4.17. The Balaban J connectivity index is 2.01.